The normalized spacial score (nSPS) is 16.0. The van der Waals surface area contributed by atoms with E-state index in [1.54, 1.807) is 40.1 Å². The predicted octanol–water partition coefficient (Wildman–Crippen LogP) is 3.59. The number of nitrogens with zero attached hydrogens (tertiary/aromatic N) is 3. The van der Waals surface area contributed by atoms with Gasteiger partial charge in [0.2, 0.25) is 10.0 Å². The van der Waals surface area contributed by atoms with Gasteiger partial charge in [-0.2, -0.15) is 0 Å². The summed E-state index contributed by atoms with van der Waals surface area (Å²) < 4.78 is 33.0. The smallest absolute Gasteiger partial charge is 0.243 e. The summed E-state index contributed by atoms with van der Waals surface area (Å²) in [6.45, 7) is 7.87. The van der Waals surface area contributed by atoms with Crippen molar-refractivity contribution in [2.75, 3.05) is 58.1 Å². The van der Waals surface area contributed by atoms with E-state index < -0.39 is 16.3 Å². The van der Waals surface area contributed by atoms with Crippen LogP contribution in [0.3, 0.4) is 0 Å². The van der Waals surface area contributed by atoms with Gasteiger partial charge in [-0.05, 0) is 94.7 Å². The van der Waals surface area contributed by atoms with E-state index in [-0.39, 0.29) is 17.9 Å². The fourth-order valence-corrected chi connectivity index (χ4v) is 6.59. The summed E-state index contributed by atoms with van der Waals surface area (Å²) in [6, 6.07) is 10.2. The van der Waals surface area contributed by atoms with Gasteiger partial charge in [0.05, 0.1) is 12.0 Å². The molecule has 9 heteroatoms. The van der Waals surface area contributed by atoms with Gasteiger partial charge in [0, 0.05) is 50.5 Å². The maximum absolute atomic E-state index is 13.2. The molecule has 8 nitrogen and oxygen atoms in total. The average molecular weight is 519 g/mol. The first kappa shape index (κ1) is 28.2. The molecule has 0 amide bonds. The molecule has 0 radical (unpaired) electrons. The highest BCUT2D eigenvalue weighted by Crippen LogP contribution is 2.29. The molecule has 36 heavy (non-hydrogen) atoms. The van der Waals surface area contributed by atoms with Crippen molar-refractivity contribution < 1.29 is 18.3 Å². The lowest BCUT2D eigenvalue weighted by molar-refractivity contribution is 0.185. The van der Waals surface area contributed by atoms with E-state index in [0.717, 1.165) is 37.2 Å². The third-order valence-corrected chi connectivity index (χ3v) is 9.28. The number of anilines is 2. The van der Waals surface area contributed by atoms with Gasteiger partial charge in [-0.1, -0.05) is 0 Å². The molecule has 0 spiro atoms. The quantitative estimate of drug-likeness (QED) is 0.465. The Morgan fingerprint density at radius 2 is 1.67 bits per heavy atom. The van der Waals surface area contributed by atoms with Crippen LogP contribution >= 0.6 is 0 Å². The van der Waals surface area contributed by atoms with E-state index in [1.165, 1.54) is 9.99 Å². The lowest BCUT2D eigenvalue weighted by atomic mass is 10.0. The molecule has 1 saturated heterocycles. The number of methoxy groups -OCH3 is 1. The van der Waals surface area contributed by atoms with Crippen LogP contribution in [-0.4, -0.2) is 82.9 Å². The van der Waals surface area contributed by atoms with E-state index in [2.05, 4.69) is 42.2 Å². The van der Waals surface area contributed by atoms with Crippen LogP contribution in [0.25, 0.3) is 0 Å². The van der Waals surface area contributed by atoms with Gasteiger partial charge in [0.15, 0.2) is 0 Å². The SMILES string of the molecule is COc1cc(C)c(S(=O)(=O)N(C)CCC(O)Nc2ccc(N3CCC(N(C)C)CC3)c(C)c2)c(C)c1. The van der Waals surface area contributed by atoms with Crippen LogP contribution in [0.15, 0.2) is 35.2 Å². The Morgan fingerprint density at radius 1 is 1.06 bits per heavy atom. The van der Waals surface area contributed by atoms with Gasteiger partial charge < -0.3 is 25.0 Å². The molecule has 0 saturated carbocycles. The molecular formula is C27H42N4O4S. The summed E-state index contributed by atoms with van der Waals surface area (Å²) in [6.07, 6.45) is 1.68. The molecular weight excluding hydrogens is 476 g/mol. The maximum atomic E-state index is 13.2. The minimum Gasteiger partial charge on any atom is -0.497 e. The molecule has 2 N–H and O–H groups in total. The second-order valence-electron chi connectivity index (χ2n) is 10.0. The summed E-state index contributed by atoms with van der Waals surface area (Å²) in [5, 5.41) is 13.7. The first-order chi connectivity index (χ1) is 16.9. The molecule has 2 aromatic carbocycles. The number of rotatable bonds is 10. The first-order valence-corrected chi connectivity index (χ1v) is 14.0. The molecule has 3 rings (SSSR count). The molecule has 0 bridgehead atoms. The molecule has 1 heterocycles. The van der Waals surface area contributed by atoms with Crippen molar-refractivity contribution in [2.24, 2.45) is 0 Å². The second kappa shape index (κ2) is 11.8. The van der Waals surface area contributed by atoms with E-state index in [9.17, 15) is 13.5 Å². The number of benzene rings is 2. The van der Waals surface area contributed by atoms with Crippen LogP contribution in [0.5, 0.6) is 5.75 Å². The number of aliphatic hydroxyl groups excluding tert-OH is 1. The van der Waals surface area contributed by atoms with E-state index in [1.807, 2.05) is 12.1 Å². The number of piperidine rings is 1. The third kappa shape index (κ3) is 6.51. The van der Waals surface area contributed by atoms with Crippen molar-refractivity contribution in [1.82, 2.24) is 9.21 Å². The van der Waals surface area contributed by atoms with E-state index in [0.29, 0.717) is 22.9 Å². The standard InChI is InChI=1S/C27H42N4O4S/c1-19-16-22(8-9-25(19)31-14-10-23(11-15-31)29(4)5)28-26(32)12-13-30(6)36(33,34)27-20(2)17-24(35-7)18-21(27)3/h8-9,16-18,23,26,28,32H,10-15H2,1-7H3. The average Bonchev–Trinajstić information content (AvgIpc) is 2.82. The molecule has 0 aliphatic carbocycles. The van der Waals surface area contributed by atoms with Gasteiger partial charge in [-0.15, -0.1) is 0 Å². The van der Waals surface area contributed by atoms with Gasteiger partial charge >= 0.3 is 0 Å². The van der Waals surface area contributed by atoms with Gasteiger partial charge in [0.25, 0.3) is 0 Å². The summed E-state index contributed by atoms with van der Waals surface area (Å²) >= 11 is 0. The Labute approximate surface area is 216 Å². The summed E-state index contributed by atoms with van der Waals surface area (Å²) in [5.74, 6) is 0.630. The van der Waals surface area contributed by atoms with Gasteiger partial charge in [-0.25, -0.2) is 12.7 Å². The van der Waals surface area contributed by atoms with Crippen LogP contribution in [0, 0.1) is 20.8 Å². The predicted molar refractivity (Wildman–Crippen MR) is 147 cm³/mol. The maximum Gasteiger partial charge on any atom is 0.243 e. The Bertz CT molecular complexity index is 1120. The van der Waals surface area contributed by atoms with Crippen molar-refractivity contribution in [3.8, 4) is 5.75 Å². The van der Waals surface area contributed by atoms with Crippen LogP contribution in [0.1, 0.15) is 36.0 Å². The largest absolute Gasteiger partial charge is 0.497 e. The van der Waals surface area contributed by atoms with Crippen LogP contribution in [-0.2, 0) is 10.0 Å². The van der Waals surface area contributed by atoms with Crippen LogP contribution in [0.2, 0.25) is 0 Å². The number of ether oxygens (including phenoxy) is 1. The Hall–Kier alpha value is -2.33. The van der Waals surface area contributed by atoms with E-state index in [4.69, 9.17) is 4.74 Å². The number of aryl methyl sites for hydroxylation is 3. The highest BCUT2D eigenvalue weighted by Gasteiger charge is 2.26. The van der Waals surface area contributed by atoms with Crippen molar-refractivity contribution in [2.45, 2.75) is 57.2 Å². The minimum absolute atomic E-state index is 0.180. The molecule has 1 aliphatic heterocycles. The third-order valence-electron chi connectivity index (χ3n) is 7.12. The zero-order valence-electron chi connectivity index (χ0n) is 22.7. The Kier molecular flexibility index (Phi) is 9.27. The fraction of sp³-hybridized carbons (Fsp3) is 0.556. The van der Waals surface area contributed by atoms with Crippen molar-refractivity contribution >= 4 is 21.4 Å². The number of nitrogens with one attached hydrogen (secondary N) is 1. The number of hydrogen-bond acceptors (Lipinski definition) is 7. The lowest BCUT2D eigenvalue weighted by Crippen LogP contribution is -2.42. The van der Waals surface area contributed by atoms with Crippen molar-refractivity contribution in [3.05, 3.63) is 47.0 Å². The molecule has 1 fully saturated rings. The summed E-state index contributed by atoms with van der Waals surface area (Å²) in [4.78, 5) is 5.02. The second-order valence-corrected chi connectivity index (χ2v) is 12.0. The van der Waals surface area contributed by atoms with Crippen molar-refractivity contribution in [1.29, 1.82) is 0 Å². The lowest BCUT2D eigenvalue weighted by Gasteiger charge is -2.37. The van der Waals surface area contributed by atoms with Gasteiger partial charge in [0.1, 0.15) is 12.0 Å². The summed E-state index contributed by atoms with van der Waals surface area (Å²) in [5.41, 5.74) is 4.47. The molecule has 0 aromatic heterocycles. The molecule has 2 aromatic rings. The number of aliphatic hydroxyl groups is 1. The minimum atomic E-state index is -3.70. The number of sulfonamides is 1. The zero-order valence-corrected chi connectivity index (χ0v) is 23.5. The first-order valence-electron chi connectivity index (χ1n) is 12.5. The molecule has 1 aliphatic rings. The van der Waals surface area contributed by atoms with Crippen molar-refractivity contribution in [3.63, 3.8) is 0 Å². The highest BCUT2D eigenvalue weighted by atomic mass is 32.2. The molecule has 200 valence electrons. The molecule has 1 unspecified atom stereocenters. The van der Waals surface area contributed by atoms with Gasteiger partial charge in [-0.3, -0.25) is 0 Å². The monoisotopic (exact) mass is 518 g/mol. The zero-order chi connectivity index (χ0) is 26.6. The van der Waals surface area contributed by atoms with Crippen LogP contribution in [0.4, 0.5) is 11.4 Å². The highest BCUT2D eigenvalue weighted by molar-refractivity contribution is 7.89. The van der Waals surface area contributed by atoms with E-state index >= 15 is 0 Å². The Balaban J connectivity index is 1.58. The number of hydrogen-bond donors (Lipinski definition) is 2. The fourth-order valence-electron chi connectivity index (χ4n) is 5.00. The van der Waals surface area contributed by atoms with Crippen LogP contribution < -0.4 is 15.0 Å². The topological polar surface area (TPSA) is 85.3 Å². The molecule has 1 atom stereocenters. The Morgan fingerprint density at radius 3 is 2.19 bits per heavy atom. The summed E-state index contributed by atoms with van der Waals surface area (Å²) in [7, 11) is 3.70.